The molecule has 0 saturated carbocycles. The number of carbonyl (C=O) groups is 2. The molecule has 0 aromatic heterocycles. The third-order valence-corrected chi connectivity index (χ3v) is 10.1. The standard InChI is InChI=1S/C45H74O12S/c1-3-5-7-9-11-13-15-17-18-19-20-22-23-25-27-29-31-33-40(46)54-35-38(36-55-45-44(50)43(49)42(48)39(57-45)37-58(51,52)53)56-41(47)34-32-30-28-26-24-21-16-14-12-10-8-6-4-2/h6,8,10,12,14,16-18,21,24,26,28,38-39,42-45,48-50H,3-5,7,9,11,13,15,19-20,22-23,25,27,29-37H2,1-2H3,(H,51,52,53)/b8-6+,12-10+,16-14+,18-17+,24-21+,28-26+/t38?,39-,42-,43?,44?,45+/m1/s1. The number of allylic oxidation sites excluding steroid dienone is 12. The molecule has 12 nitrogen and oxygen atoms in total. The zero-order chi connectivity index (χ0) is 42.7. The number of rotatable bonds is 34. The first-order chi connectivity index (χ1) is 28.0. The molecule has 0 amide bonds. The van der Waals surface area contributed by atoms with Gasteiger partial charge in [-0.15, -0.1) is 0 Å². The summed E-state index contributed by atoms with van der Waals surface area (Å²) >= 11 is 0. The first kappa shape index (κ1) is 53.1. The third kappa shape index (κ3) is 29.3. The van der Waals surface area contributed by atoms with E-state index in [0.717, 1.165) is 38.5 Å². The molecule has 6 atom stereocenters. The summed E-state index contributed by atoms with van der Waals surface area (Å²) in [6.45, 7) is 3.52. The van der Waals surface area contributed by atoms with E-state index in [1.54, 1.807) is 0 Å². The van der Waals surface area contributed by atoms with Gasteiger partial charge in [0.05, 0.1) is 6.61 Å². The van der Waals surface area contributed by atoms with Crippen molar-refractivity contribution in [2.45, 2.75) is 179 Å². The molecule has 13 heteroatoms. The maximum atomic E-state index is 12.7. The van der Waals surface area contributed by atoms with Crippen LogP contribution in [0.4, 0.5) is 0 Å². The van der Waals surface area contributed by atoms with E-state index >= 15 is 0 Å². The molecule has 1 saturated heterocycles. The molecule has 0 aromatic carbocycles. The Morgan fingerprint density at radius 3 is 1.71 bits per heavy atom. The van der Waals surface area contributed by atoms with Crippen molar-refractivity contribution in [3.63, 3.8) is 0 Å². The minimum Gasteiger partial charge on any atom is -0.462 e. The van der Waals surface area contributed by atoms with Crippen molar-refractivity contribution >= 4 is 22.1 Å². The fourth-order valence-corrected chi connectivity index (χ4v) is 6.74. The molecule has 0 aliphatic carbocycles. The van der Waals surface area contributed by atoms with Crippen molar-refractivity contribution in [1.29, 1.82) is 0 Å². The molecule has 58 heavy (non-hydrogen) atoms. The Bertz CT molecular complexity index is 1350. The summed E-state index contributed by atoms with van der Waals surface area (Å²) in [6.07, 6.45) is 33.9. The Hall–Kier alpha value is -2.91. The molecule has 4 N–H and O–H groups in total. The van der Waals surface area contributed by atoms with Gasteiger partial charge in [-0.25, -0.2) is 0 Å². The minimum absolute atomic E-state index is 0.0638. The second kappa shape index (κ2) is 34.9. The van der Waals surface area contributed by atoms with Gasteiger partial charge in [0.15, 0.2) is 12.4 Å². The van der Waals surface area contributed by atoms with E-state index in [-0.39, 0.29) is 19.4 Å². The van der Waals surface area contributed by atoms with Crippen LogP contribution in [0.2, 0.25) is 0 Å². The van der Waals surface area contributed by atoms with Crippen LogP contribution in [-0.4, -0.2) is 96.0 Å². The molecular weight excluding hydrogens is 765 g/mol. The second-order valence-corrected chi connectivity index (χ2v) is 16.2. The molecule has 0 radical (unpaired) electrons. The van der Waals surface area contributed by atoms with E-state index < -0.39 is 71.2 Å². The van der Waals surface area contributed by atoms with Gasteiger partial charge in [-0.1, -0.05) is 151 Å². The number of unbranched alkanes of at least 4 members (excludes halogenated alkanes) is 14. The summed E-state index contributed by atoms with van der Waals surface area (Å²) in [5.41, 5.74) is 0. The van der Waals surface area contributed by atoms with Gasteiger partial charge < -0.3 is 34.3 Å². The lowest BCUT2D eigenvalue weighted by Gasteiger charge is -2.40. The molecule has 1 rings (SSSR count). The van der Waals surface area contributed by atoms with Crippen LogP contribution in [0.15, 0.2) is 72.9 Å². The fraction of sp³-hybridized carbons (Fsp3) is 0.689. The number of carbonyl (C=O) groups excluding carboxylic acids is 2. The van der Waals surface area contributed by atoms with Crippen LogP contribution in [0.5, 0.6) is 0 Å². The van der Waals surface area contributed by atoms with E-state index in [2.05, 4.69) is 32.1 Å². The highest BCUT2D eigenvalue weighted by molar-refractivity contribution is 7.85. The molecule has 0 bridgehead atoms. The smallest absolute Gasteiger partial charge is 0.306 e. The molecule has 1 aliphatic heterocycles. The largest absolute Gasteiger partial charge is 0.462 e. The minimum atomic E-state index is -4.61. The van der Waals surface area contributed by atoms with Crippen LogP contribution in [-0.2, 0) is 38.7 Å². The average molecular weight is 839 g/mol. The van der Waals surface area contributed by atoms with Crippen LogP contribution in [0.25, 0.3) is 0 Å². The van der Waals surface area contributed by atoms with E-state index in [0.29, 0.717) is 19.3 Å². The lowest BCUT2D eigenvalue weighted by atomic mass is 10.00. The van der Waals surface area contributed by atoms with Crippen LogP contribution < -0.4 is 0 Å². The Labute approximate surface area is 348 Å². The highest BCUT2D eigenvalue weighted by Gasteiger charge is 2.46. The van der Waals surface area contributed by atoms with Crippen LogP contribution >= 0.6 is 0 Å². The van der Waals surface area contributed by atoms with E-state index in [1.807, 2.05) is 54.7 Å². The van der Waals surface area contributed by atoms with Crippen molar-refractivity contribution in [3.05, 3.63) is 72.9 Å². The van der Waals surface area contributed by atoms with Gasteiger partial charge in [0.2, 0.25) is 0 Å². The summed E-state index contributed by atoms with van der Waals surface area (Å²) in [5, 5.41) is 30.8. The topological polar surface area (TPSA) is 186 Å². The number of hydrogen-bond donors (Lipinski definition) is 4. The Morgan fingerprint density at radius 1 is 0.603 bits per heavy atom. The van der Waals surface area contributed by atoms with Gasteiger partial charge in [0.25, 0.3) is 10.1 Å². The first-order valence-corrected chi connectivity index (χ1v) is 23.2. The summed E-state index contributed by atoms with van der Waals surface area (Å²) in [4.78, 5) is 25.3. The van der Waals surface area contributed by atoms with Gasteiger partial charge in [-0.05, 0) is 51.4 Å². The predicted octanol–water partition coefficient (Wildman–Crippen LogP) is 8.33. The summed E-state index contributed by atoms with van der Waals surface area (Å²) in [6, 6.07) is 0. The molecule has 332 valence electrons. The van der Waals surface area contributed by atoms with E-state index in [1.165, 1.54) is 57.8 Å². The lowest BCUT2D eigenvalue weighted by molar-refractivity contribution is -0.297. The maximum Gasteiger partial charge on any atom is 0.306 e. The maximum absolute atomic E-state index is 12.7. The fourth-order valence-electron chi connectivity index (χ4n) is 6.05. The monoisotopic (exact) mass is 838 g/mol. The SMILES string of the molecule is CC/C=C/C=C/C=C/C=C/C=C/CCCC(=O)OC(COC(=O)CCCCCCCCC/C=C/CCCCCCCC)CO[C@H]1O[C@H](CS(=O)(=O)O)[C@@H](O)C(O)C1O. The van der Waals surface area contributed by atoms with E-state index in [9.17, 15) is 37.9 Å². The lowest BCUT2D eigenvalue weighted by Crippen LogP contribution is -2.60. The van der Waals surface area contributed by atoms with Crippen molar-refractivity contribution in [2.75, 3.05) is 19.0 Å². The van der Waals surface area contributed by atoms with Gasteiger partial charge in [-0.3, -0.25) is 14.1 Å². The first-order valence-electron chi connectivity index (χ1n) is 21.6. The van der Waals surface area contributed by atoms with Crippen molar-refractivity contribution < 1.29 is 56.8 Å². The van der Waals surface area contributed by atoms with Gasteiger partial charge in [0, 0.05) is 12.8 Å². The summed E-state index contributed by atoms with van der Waals surface area (Å²) < 4.78 is 53.9. The number of ether oxygens (including phenoxy) is 4. The molecule has 1 aliphatic rings. The predicted molar refractivity (Wildman–Crippen MR) is 228 cm³/mol. The third-order valence-electron chi connectivity index (χ3n) is 9.40. The van der Waals surface area contributed by atoms with Crippen molar-refractivity contribution in [2.24, 2.45) is 0 Å². The highest BCUT2D eigenvalue weighted by atomic mass is 32.2. The Kier molecular flexibility index (Phi) is 32.0. The quantitative estimate of drug-likeness (QED) is 0.0160. The van der Waals surface area contributed by atoms with E-state index in [4.69, 9.17) is 18.9 Å². The zero-order valence-electron chi connectivity index (χ0n) is 35.1. The summed E-state index contributed by atoms with van der Waals surface area (Å²) in [7, 11) is -4.61. The molecule has 1 fully saturated rings. The molecular formula is C45H74O12S. The van der Waals surface area contributed by atoms with Gasteiger partial charge in [-0.2, -0.15) is 8.42 Å². The number of esters is 2. The van der Waals surface area contributed by atoms with Crippen molar-refractivity contribution in [1.82, 2.24) is 0 Å². The zero-order valence-corrected chi connectivity index (χ0v) is 35.9. The molecule has 0 spiro atoms. The van der Waals surface area contributed by atoms with Gasteiger partial charge >= 0.3 is 11.9 Å². The number of aliphatic hydroxyl groups is 3. The molecule has 3 unspecified atom stereocenters. The van der Waals surface area contributed by atoms with Crippen LogP contribution in [0, 0.1) is 0 Å². The van der Waals surface area contributed by atoms with Crippen LogP contribution in [0.3, 0.4) is 0 Å². The normalized spacial score (nSPS) is 21.1. The number of aliphatic hydroxyl groups excluding tert-OH is 3. The highest BCUT2D eigenvalue weighted by Crippen LogP contribution is 2.24. The second-order valence-electron chi connectivity index (χ2n) is 14.7. The Morgan fingerprint density at radius 2 is 1.12 bits per heavy atom. The molecule has 1 heterocycles. The van der Waals surface area contributed by atoms with Crippen LogP contribution in [0.1, 0.15) is 142 Å². The Balaban J connectivity index is 2.51. The summed E-state index contributed by atoms with van der Waals surface area (Å²) in [5.74, 6) is -2.10. The van der Waals surface area contributed by atoms with Crippen molar-refractivity contribution in [3.8, 4) is 0 Å². The number of hydrogen-bond acceptors (Lipinski definition) is 11. The van der Waals surface area contributed by atoms with Gasteiger partial charge in [0.1, 0.15) is 36.8 Å². The average Bonchev–Trinajstić information content (AvgIpc) is 3.18. The molecule has 0 aromatic rings.